The van der Waals surface area contributed by atoms with Crippen LogP contribution < -0.4 is 0 Å². The molecule has 0 spiro atoms. The van der Waals surface area contributed by atoms with E-state index in [0.717, 1.165) is 61.6 Å². The summed E-state index contributed by atoms with van der Waals surface area (Å²) in [5, 5.41) is 2.04. The summed E-state index contributed by atoms with van der Waals surface area (Å²) in [5.74, 6) is 0.992. The fourth-order valence-electron chi connectivity index (χ4n) is 5.01. The van der Waals surface area contributed by atoms with Gasteiger partial charge in [0.1, 0.15) is 4.83 Å². The van der Waals surface area contributed by atoms with Gasteiger partial charge in [-0.1, -0.05) is 6.42 Å². The van der Waals surface area contributed by atoms with Gasteiger partial charge in [0.15, 0.2) is 10.8 Å². The number of aromatic nitrogens is 3. The summed E-state index contributed by atoms with van der Waals surface area (Å²) < 4.78 is 0. The van der Waals surface area contributed by atoms with Gasteiger partial charge in [-0.2, -0.15) is 0 Å². The minimum absolute atomic E-state index is 0.282. The second-order valence-electron chi connectivity index (χ2n) is 9.15. The molecule has 0 bridgehead atoms. The third-order valence-corrected chi connectivity index (χ3v) is 9.15. The highest BCUT2D eigenvalue weighted by Gasteiger charge is 2.30. The van der Waals surface area contributed by atoms with E-state index < -0.39 is 0 Å². The third-order valence-electron chi connectivity index (χ3n) is 7.11. The fraction of sp³-hybridized carbons (Fsp3) is 0.565. The molecule has 5 heterocycles. The molecule has 0 atom stereocenters. The molecular weight excluding hydrogens is 440 g/mol. The Morgan fingerprint density at radius 3 is 2.66 bits per heavy atom. The second kappa shape index (κ2) is 8.44. The van der Waals surface area contributed by atoms with Gasteiger partial charge in [0.2, 0.25) is 5.91 Å². The van der Waals surface area contributed by atoms with Crippen LogP contribution in [-0.4, -0.2) is 80.9 Å². The standard InChI is InChI=1S/C23H28N6OS2/c1-15-11-25-23(31-15)21-24-12-18-17-5-6-27(13-19(17)32-22(18)26-21)14-20(30)29-9-7-28(8-10-29)16-3-2-4-16/h11-12,16H,2-10,13-14H2,1H3. The van der Waals surface area contributed by atoms with Gasteiger partial charge in [-0.15, -0.1) is 22.7 Å². The van der Waals surface area contributed by atoms with Crippen molar-refractivity contribution in [3.05, 3.63) is 27.7 Å². The Kier molecular flexibility index (Phi) is 5.45. The molecule has 0 N–H and O–H groups in total. The number of hydrogen-bond acceptors (Lipinski definition) is 8. The highest BCUT2D eigenvalue weighted by Crippen LogP contribution is 2.35. The number of carbonyl (C=O) groups is 1. The summed E-state index contributed by atoms with van der Waals surface area (Å²) in [4.78, 5) is 37.3. The molecule has 7 nitrogen and oxygen atoms in total. The van der Waals surface area contributed by atoms with Crippen LogP contribution in [0, 0.1) is 6.92 Å². The number of thiazole rings is 1. The lowest BCUT2D eigenvalue weighted by atomic mass is 9.91. The molecule has 6 rings (SSSR count). The molecule has 1 saturated carbocycles. The lowest BCUT2D eigenvalue weighted by Crippen LogP contribution is -2.55. The van der Waals surface area contributed by atoms with E-state index in [4.69, 9.17) is 4.98 Å². The first-order chi connectivity index (χ1) is 15.6. The van der Waals surface area contributed by atoms with E-state index >= 15 is 0 Å². The maximum atomic E-state index is 13.0. The van der Waals surface area contributed by atoms with Crippen LogP contribution >= 0.6 is 22.7 Å². The Bertz CT molecular complexity index is 1140. The summed E-state index contributed by atoms with van der Waals surface area (Å²) >= 11 is 3.37. The number of thiophene rings is 1. The summed E-state index contributed by atoms with van der Waals surface area (Å²) in [6.45, 7) is 8.15. The maximum absolute atomic E-state index is 13.0. The Labute approximate surface area is 196 Å². The Balaban J connectivity index is 1.11. The maximum Gasteiger partial charge on any atom is 0.236 e. The van der Waals surface area contributed by atoms with Crippen molar-refractivity contribution >= 4 is 38.8 Å². The summed E-state index contributed by atoms with van der Waals surface area (Å²) in [6, 6.07) is 0.781. The van der Waals surface area contributed by atoms with Crippen LogP contribution in [0.25, 0.3) is 21.0 Å². The molecule has 1 saturated heterocycles. The van der Waals surface area contributed by atoms with E-state index in [1.165, 1.54) is 40.0 Å². The molecular formula is C23H28N6OS2. The smallest absolute Gasteiger partial charge is 0.236 e. The Hall–Kier alpha value is -1.94. The fourth-order valence-corrected chi connectivity index (χ4v) is 6.95. The van der Waals surface area contributed by atoms with Gasteiger partial charge < -0.3 is 4.90 Å². The molecule has 3 aromatic heterocycles. The van der Waals surface area contributed by atoms with E-state index in [2.05, 4.69) is 24.7 Å². The van der Waals surface area contributed by atoms with Crippen LogP contribution in [0.3, 0.4) is 0 Å². The van der Waals surface area contributed by atoms with Crippen molar-refractivity contribution in [2.45, 2.75) is 45.2 Å². The molecule has 32 heavy (non-hydrogen) atoms. The monoisotopic (exact) mass is 468 g/mol. The highest BCUT2D eigenvalue weighted by molar-refractivity contribution is 7.19. The minimum atomic E-state index is 0.282. The Morgan fingerprint density at radius 2 is 1.94 bits per heavy atom. The number of piperazine rings is 1. The number of fused-ring (bicyclic) bond motifs is 3. The van der Waals surface area contributed by atoms with Crippen LogP contribution in [0.15, 0.2) is 12.4 Å². The van der Waals surface area contributed by atoms with E-state index in [1.54, 1.807) is 22.7 Å². The van der Waals surface area contributed by atoms with Crippen LogP contribution in [0.5, 0.6) is 0 Å². The summed E-state index contributed by atoms with van der Waals surface area (Å²) in [7, 11) is 0. The average Bonchev–Trinajstić information content (AvgIpc) is 3.35. The molecule has 3 aromatic rings. The second-order valence-corrected chi connectivity index (χ2v) is 11.5. The molecule has 2 fully saturated rings. The predicted molar refractivity (Wildman–Crippen MR) is 128 cm³/mol. The van der Waals surface area contributed by atoms with Crippen molar-refractivity contribution in [1.29, 1.82) is 0 Å². The molecule has 2 aliphatic heterocycles. The molecule has 0 aromatic carbocycles. The molecule has 1 amide bonds. The molecule has 0 radical (unpaired) electrons. The zero-order valence-corrected chi connectivity index (χ0v) is 20.1. The third kappa shape index (κ3) is 3.85. The number of nitrogens with zero attached hydrogens (tertiary/aromatic N) is 6. The number of rotatable bonds is 4. The highest BCUT2D eigenvalue weighted by atomic mass is 32.1. The topological polar surface area (TPSA) is 65.5 Å². The van der Waals surface area contributed by atoms with Gasteiger partial charge in [-0.05, 0) is 31.7 Å². The van der Waals surface area contributed by atoms with Gasteiger partial charge in [0.05, 0.1) is 6.54 Å². The first-order valence-electron chi connectivity index (χ1n) is 11.6. The molecule has 168 valence electrons. The summed E-state index contributed by atoms with van der Waals surface area (Å²) in [5.41, 5.74) is 1.37. The van der Waals surface area contributed by atoms with Crippen LogP contribution in [0.1, 0.15) is 34.6 Å². The number of carbonyl (C=O) groups excluding carboxylic acids is 1. The zero-order valence-electron chi connectivity index (χ0n) is 18.4. The first-order valence-corrected chi connectivity index (χ1v) is 13.2. The normalized spacial score (nSPS) is 20.5. The van der Waals surface area contributed by atoms with Gasteiger partial charge in [-0.25, -0.2) is 15.0 Å². The molecule has 9 heteroatoms. The van der Waals surface area contributed by atoms with Crippen LogP contribution in [0.2, 0.25) is 0 Å². The first kappa shape index (κ1) is 20.7. The van der Waals surface area contributed by atoms with E-state index in [1.807, 2.05) is 19.3 Å². The van der Waals surface area contributed by atoms with Crippen molar-refractivity contribution < 1.29 is 4.79 Å². The quantitative estimate of drug-likeness (QED) is 0.586. The number of amides is 1. The Morgan fingerprint density at radius 1 is 1.09 bits per heavy atom. The van der Waals surface area contributed by atoms with Gasteiger partial charge >= 0.3 is 0 Å². The largest absolute Gasteiger partial charge is 0.339 e. The zero-order chi connectivity index (χ0) is 21.7. The van der Waals surface area contributed by atoms with E-state index in [9.17, 15) is 4.79 Å². The predicted octanol–water partition coefficient (Wildman–Crippen LogP) is 3.18. The van der Waals surface area contributed by atoms with Crippen molar-refractivity contribution in [2.24, 2.45) is 0 Å². The van der Waals surface area contributed by atoms with Gasteiger partial charge in [0.25, 0.3) is 0 Å². The van der Waals surface area contributed by atoms with Crippen molar-refractivity contribution in [3.63, 3.8) is 0 Å². The molecule has 3 aliphatic rings. The van der Waals surface area contributed by atoms with Gasteiger partial charge in [-0.3, -0.25) is 14.6 Å². The average molecular weight is 469 g/mol. The van der Waals surface area contributed by atoms with Gasteiger partial charge in [0, 0.05) is 72.8 Å². The lowest BCUT2D eigenvalue weighted by molar-refractivity contribution is -0.135. The number of aryl methyl sites for hydroxylation is 1. The summed E-state index contributed by atoms with van der Waals surface area (Å²) in [6.07, 6.45) is 8.84. The van der Waals surface area contributed by atoms with Crippen LogP contribution in [-0.2, 0) is 17.8 Å². The minimum Gasteiger partial charge on any atom is -0.339 e. The van der Waals surface area contributed by atoms with E-state index in [-0.39, 0.29) is 5.91 Å². The number of hydrogen-bond donors (Lipinski definition) is 0. The molecule has 1 aliphatic carbocycles. The van der Waals surface area contributed by atoms with Crippen molar-refractivity contribution in [2.75, 3.05) is 39.3 Å². The van der Waals surface area contributed by atoms with Crippen molar-refractivity contribution in [3.8, 4) is 10.8 Å². The molecule has 0 unspecified atom stereocenters. The SMILES string of the molecule is Cc1cnc(-c2ncc3c4c(sc3n2)CN(CC(=O)N2CCN(C3CCC3)CC2)CC4)s1. The lowest BCUT2D eigenvalue weighted by Gasteiger charge is -2.43. The van der Waals surface area contributed by atoms with Crippen LogP contribution in [0.4, 0.5) is 0 Å². The van der Waals surface area contributed by atoms with E-state index in [0.29, 0.717) is 12.4 Å². The van der Waals surface area contributed by atoms with Crippen molar-refractivity contribution in [1.82, 2.24) is 29.7 Å².